The topological polar surface area (TPSA) is 133 Å². The largest absolute Gasteiger partial charge is 0.374 e. The Bertz CT molecular complexity index is 920. The Balaban J connectivity index is 0.0000122. The molecule has 1 aliphatic heterocycles. The second-order valence-electron chi connectivity index (χ2n) is 9.46. The van der Waals surface area contributed by atoms with E-state index in [4.69, 9.17) is 18.5 Å². The summed E-state index contributed by atoms with van der Waals surface area (Å²) >= 11 is 0. The molecule has 2 N–H and O–H groups in total. The van der Waals surface area contributed by atoms with Gasteiger partial charge in [0.2, 0.25) is 0 Å². The fourth-order valence-corrected chi connectivity index (χ4v) is 4.69. The van der Waals surface area contributed by atoms with E-state index >= 15 is 0 Å². The van der Waals surface area contributed by atoms with E-state index in [1.54, 1.807) is 13.8 Å². The predicted octanol–water partition coefficient (Wildman–Crippen LogP) is 2.79. The number of nitrogens with one attached hydrogen (secondary N) is 2. The Hall–Kier alpha value is -0.742. The molecule has 36 heavy (non-hydrogen) atoms. The minimum Gasteiger partial charge on any atom is -0.374 e. The standard InChI is InChI=1S/C22H41N3O8PS.W/c1-15(2)16(3)18(5)25-12-19(33-13-32-14-34(27,30-8)31-9)11-20(25)17(4)23-22(6,7)21(26)24-35(10,28)29;/h15-16,19-20,23H,4-5,10-14H2,1-3,6-9H3,(H,24,26);/q-1;. The number of sulfonamides is 1. The number of carbonyl (C=O) groups excluding carboxylic acids is 1. The zero-order valence-corrected chi connectivity index (χ0v) is 26.9. The van der Waals surface area contributed by atoms with Crippen LogP contribution in [0.2, 0.25) is 0 Å². The summed E-state index contributed by atoms with van der Waals surface area (Å²) in [6, 6.07) is -0.277. The number of hydrogen-bond donors (Lipinski definition) is 2. The van der Waals surface area contributed by atoms with Gasteiger partial charge in [0, 0.05) is 59.6 Å². The van der Waals surface area contributed by atoms with Gasteiger partial charge in [-0.05, 0) is 25.7 Å². The third-order valence-corrected chi connectivity index (χ3v) is 8.15. The average Bonchev–Trinajstić information content (AvgIpc) is 3.18. The van der Waals surface area contributed by atoms with Gasteiger partial charge in [0.1, 0.15) is 22.4 Å². The third-order valence-electron chi connectivity index (χ3n) is 6.04. The van der Waals surface area contributed by atoms with Crippen molar-refractivity contribution in [3.05, 3.63) is 30.8 Å². The van der Waals surface area contributed by atoms with E-state index in [1.165, 1.54) is 14.2 Å². The van der Waals surface area contributed by atoms with Gasteiger partial charge in [0.05, 0.1) is 12.1 Å². The normalized spacial score (nSPS) is 19.5. The number of allylic oxidation sites excluding steroid dienone is 1. The second-order valence-corrected chi connectivity index (χ2v) is 13.1. The smallest absolute Gasteiger partial charge is 0.355 e. The van der Waals surface area contributed by atoms with Gasteiger partial charge in [-0.2, -0.15) is 0 Å². The van der Waals surface area contributed by atoms with Crippen LogP contribution in [0.4, 0.5) is 0 Å². The Labute approximate surface area is 230 Å². The summed E-state index contributed by atoms with van der Waals surface area (Å²) < 4.78 is 57.7. The number of ether oxygens (including phenoxy) is 2. The molecule has 11 nitrogen and oxygen atoms in total. The molecule has 1 amide bonds. The molecule has 210 valence electrons. The van der Waals surface area contributed by atoms with Crippen molar-refractivity contribution in [3.8, 4) is 0 Å². The minimum absolute atomic E-state index is 0. The summed E-state index contributed by atoms with van der Waals surface area (Å²) in [6.07, 6.45) is 2.93. The first-order valence-corrected chi connectivity index (χ1v) is 14.6. The number of rotatable bonds is 15. The van der Waals surface area contributed by atoms with Crippen LogP contribution in [0.3, 0.4) is 0 Å². The van der Waals surface area contributed by atoms with E-state index in [2.05, 4.69) is 50.4 Å². The van der Waals surface area contributed by atoms with Gasteiger partial charge in [-0.25, -0.2) is 14.7 Å². The molecule has 0 aromatic heterocycles. The molecule has 0 aromatic rings. The van der Waals surface area contributed by atoms with E-state index in [1.807, 2.05) is 4.72 Å². The van der Waals surface area contributed by atoms with Crippen molar-refractivity contribution in [2.45, 2.75) is 58.7 Å². The second kappa shape index (κ2) is 14.4. The molecule has 1 rings (SSSR count). The summed E-state index contributed by atoms with van der Waals surface area (Å²) in [7, 11) is -4.70. The van der Waals surface area contributed by atoms with Gasteiger partial charge in [-0.15, -0.1) is 0 Å². The number of carbonyl (C=O) groups is 1. The summed E-state index contributed by atoms with van der Waals surface area (Å²) in [6.45, 7) is 18.2. The van der Waals surface area contributed by atoms with Gasteiger partial charge in [0.25, 0.3) is 5.91 Å². The molecule has 3 unspecified atom stereocenters. The van der Waals surface area contributed by atoms with Crippen LogP contribution in [0.15, 0.2) is 24.6 Å². The molecule has 1 aliphatic rings. The van der Waals surface area contributed by atoms with Crippen molar-refractivity contribution >= 4 is 23.5 Å². The molecule has 0 bridgehead atoms. The molecular weight excluding hydrogens is 681 g/mol. The zero-order chi connectivity index (χ0) is 27.2. The van der Waals surface area contributed by atoms with Crippen LogP contribution < -0.4 is 10.0 Å². The maximum atomic E-state index is 12.5. The number of likely N-dealkylation sites (tertiary alicyclic amines) is 1. The first-order chi connectivity index (χ1) is 16.0. The summed E-state index contributed by atoms with van der Waals surface area (Å²) in [5.74, 6) is -0.244. The van der Waals surface area contributed by atoms with Crippen LogP contribution in [0.1, 0.15) is 41.0 Å². The van der Waals surface area contributed by atoms with Gasteiger partial charge in [-0.3, -0.25) is 14.1 Å². The maximum Gasteiger partial charge on any atom is 0.355 e. The molecule has 1 fully saturated rings. The van der Waals surface area contributed by atoms with E-state index in [-0.39, 0.29) is 52.3 Å². The summed E-state index contributed by atoms with van der Waals surface area (Å²) in [4.78, 5) is 14.5. The van der Waals surface area contributed by atoms with E-state index in [9.17, 15) is 17.8 Å². The van der Waals surface area contributed by atoms with Crippen LogP contribution in [-0.2, 0) is 59.0 Å². The molecule has 0 radical (unpaired) electrons. The number of hydrogen-bond acceptors (Lipinski definition) is 10. The van der Waals surface area contributed by atoms with Crippen molar-refractivity contribution in [2.24, 2.45) is 11.8 Å². The minimum atomic E-state index is -3.96. The van der Waals surface area contributed by atoms with Crippen LogP contribution in [0.5, 0.6) is 0 Å². The van der Waals surface area contributed by atoms with Gasteiger partial charge < -0.3 is 28.7 Å². The molecule has 0 aromatic carbocycles. The van der Waals surface area contributed by atoms with Crippen molar-refractivity contribution in [1.82, 2.24) is 14.9 Å². The predicted molar refractivity (Wildman–Crippen MR) is 134 cm³/mol. The SMILES string of the molecule is C=C(NC(C)(C)C(=O)NS([CH2-])(=O)=O)C1CC(OCOCP(=O)(OC)OC)CN1C(=C)C(C)C(C)C.[W]. The summed E-state index contributed by atoms with van der Waals surface area (Å²) in [5, 5.41) is 3.06. The molecule has 3 atom stereocenters. The fraction of sp³-hybridized carbons (Fsp3) is 0.727. The Morgan fingerprint density at radius 3 is 2.25 bits per heavy atom. The van der Waals surface area contributed by atoms with Gasteiger partial charge >= 0.3 is 7.60 Å². The molecule has 1 saturated heterocycles. The van der Waals surface area contributed by atoms with Crippen molar-refractivity contribution in [3.63, 3.8) is 0 Å². The molecule has 0 saturated carbocycles. The molecule has 0 aliphatic carbocycles. The monoisotopic (exact) mass is 722 g/mol. The third kappa shape index (κ3) is 10.6. The maximum absolute atomic E-state index is 12.5. The number of nitrogens with zero attached hydrogens (tertiary/aromatic N) is 1. The van der Waals surface area contributed by atoms with Gasteiger partial charge in [-0.1, -0.05) is 33.9 Å². The van der Waals surface area contributed by atoms with E-state index < -0.39 is 29.1 Å². The molecule has 14 heteroatoms. The van der Waals surface area contributed by atoms with Crippen molar-refractivity contribution in [2.75, 3.05) is 33.9 Å². The average molecular weight is 722 g/mol. The van der Waals surface area contributed by atoms with Crippen molar-refractivity contribution < 1.29 is 57.4 Å². The Morgan fingerprint density at radius 2 is 1.78 bits per heavy atom. The Kier molecular flexibility index (Phi) is 14.1. The zero-order valence-electron chi connectivity index (χ0n) is 22.2. The van der Waals surface area contributed by atoms with Crippen LogP contribution in [-0.4, -0.2) is 70.8 Å². The van der Waals surface area contributed by atoms with Gasteiger partial charge in [0.15, 0.2) is 6.35 Å². The first kappa shape index (κ1) is 35.3. The van der Waals surface area contributed by atoms with E-state index in [0.717, 1.165) is 5.70 Å². The number of amides is 1. The molecule has 0 spiro atoms. The van der Waals surface area contributed by atoms with E-state index in [0.29, 0.717) is 24.6 Å². The first-order valence-electron chi connectivity index (χ1n) is 11.2. The van der Waals surface area contributed by atoms with Crippen LogP contribution in [0.25, 0.3) is 0 Å². The quantitative estimate of drug-likeness (QED) is 0.113. The van der Waals surface area contributed by atoms with Crippen LogP contribution in [0, 0.1) is 18.1 Å². The summed E-state index contributed by atoms with van der Waals surface area (Å²) in [5.41, 5.74) is 0.131. The van der Waals surface area contributed by atoms with Crippen molar-refractivity contribution in [1.29, 1.82) is 0 Å². The Morgan fingerprint density at radius 1 is 1.22 bits per heavy atom. The molecular formula is C22H41N3O8PSW-. The molecule has 1 heterocycles. The fourth-order valence-electron chi connectivity index (χ4n) is 3.50. The van der Waals surface area contributed by atoms with Crippen LogP contribution >= 0.6 is 7.60 Å².